The lowest BCUT2D eigenvalue weighted by molar-refractivity contribution is 0.0594. The van der Waals surface area contributed by atoms with Gasteiger partial charge in [0.1, 0.15) is 11.9 Å². The van der Waals surface area contributed by atoms with E-state index in [1.807, 2.05) is 50.2 Å². The van der Waals surface area contributed by atoms with E-state index in [0.29, 0.717) is 12.3 Å². The van der Waals surface area contributed by atoms with E-state index in [4.69, 9.17) is 9.47 Å². The number of likely N-dealkylation sites (N-methyl/N-ethyl adjacent to an activating group) is 1. The third kappa shape index (κ3) is 5.30. The molecule has 0 bridgehead atoms. The molecule has 128 valence electrons. The number of ether oxygens (including phenoxy) is 2. The number of anilines is 1. The van der Waals surface area contributed by atoms with E-state index >= 15 is 0 Å². The van der Waals surface area contributed by atoms with E-state index in [1.165, 1.54) is 0 Å². The molecule has 0 radical (unpaired) electrons. The monoisotopic (exact) mass is 327 g/mol. The van der Waals surface area contributed by atoms with Crippen molar-refractivity contribution >= 4 is 11.8 Å². The first-order chi connectivity index (χ1) is 11.6. The molecule has 0 saturated heterocycles. The number of hydrogen-bond acceptors (Lipinski definition) is 4. The number of benzene rings is 2. The van der Waals surface area contributed by atoms with Gasteiger partial charge in [0.05, 0.1) is 6.54 Å². The molecule has 4 nitrogen and oxygen atoms in total. The lowest BCUT2D eigenvalue weighted by Crippen LogP contribution is -2.35. The molecule has 1 atom stereocenters. The summed E-state index contributed by atoms with van der Waals surface area (Å²) in [5.41, 5.74) is 2.16. The molecule has 0 aliphatic rings. The second kappa shape index (κ2) is 8.96. The largest absolute Gasteiger partial charge is 0.514 e. The van der Waals surface area contributed by atoms with Gasteiger partial charge in [-0.2, -0.15) is 0 Å². The minimum atomic E-state index is -0.656. The molecule has 0 aliphatic heterocycles. The maximum Gasteiger partial charge on any atom is 0.514 e. The first-order valence-electron chi connectivity index (χ1n) is 8.37. The van der Waals surface area contributed by atoms with Gasteiger partial charge in [0.25, 0.3) is 0 Å². The molecule has 0 aliphatic carbocycles. The lowest BCUT2D eigenvalue weighted by Gasteiger charge is -2.27. The van der Waals surface area contributed by atoms with Crippen LogP contribution in [0.3, 0.4) is 0 Å². The fraction of sp³-hybridized carbons (Fsp3) is 0.350. The van der Waals surface area contributed by atoms with E-state index in [0.717, 1.165) is 24.2 Å². The van der Waals surface area contributed by atoms with Crippen molar-refractivity contribution in [2.75, 3.05) is 18.0 Å². The Morgan fingerprint density at radius 1 is 1.08 bits per heavy atom. The van der Waals surface area contributed by atoms with Gasteiger partial charge in [-0.25, -0.2) is 4.79 Å². The van der Waals surface area contributed by atoms with Gasteiger partial charge in [0.15, 0.2) is 0 Å². The summed E-state index contributed by atoms with van der Waals surface area (Å²) in [5.74, 6) is 0.505. The number of carbonyl (C=O) groups is 1. The van der Waals surface area contributed by atoms with Crippen LogP contribution in [0.4, 0.5) is 10.5 Å². The number of para-hydroxylation sites is 1. The molecule has 0 spiro atoms. The van der Waals surface area contributed by atoms with Crippen LogP contribution in [0, 0.1) is 6.92 Å². The first-order valence-corrected chi connectivity index (χ1v) is 8.37. The van der Waals surface area contributed by atoms with Gasteiger partial charge in [0, 0.05) is 12.2 Å². The van der Waals surface area contributed by atoms with Crippen LogP contribution in [0.2, 0.25) is 0 Å². The molecule has 0 N–H and O–H groups in total. The highest BCUT2D eigenvalue weighted by Gasteiger charge is 2.18. The number of nitrogens with zero attached hydrogens (tertiary/aromatic N) is 1. The normalized spacial score (nSPS) is 11.6. The maximum absolute atomic E-state index is 12.0. The van der Waals surface area contributed by atoms with Crippen molar-refractivity contribution < 1.29 is 14.3 Å². The summed E-state index contributed by atoms with van der Waals surface area (Å²) in [6, 6.07) is 17.5. The second-order valence-electron chi connectivity index (χ2n) is 5.69. The molecule has 2 rings (SSSR count). The third-order valence-electron chi connectivity index (χ3n) is 3.84. The minimum absolute atomic E-state index is 0.220. The standard InChI is InChI=1S/C20H25NO3/c1-4-18(15-21(5-2)17-11-7-6-8-12-17)23-20(22)24-19-13-9-10-16(3)14-19/h6-14,18H,4-5,15H2,1-3H3. The van der Waals surface area contributed by atoms with Crippen LogP contribution >= 0.6 is 0 Å². The van der Waals surface area contributed by atoms with E-state index in [2.05, 4.69) is 24.0 Å². The summed E-state index contributed by atoms with van der Waals surface area (Å²) in [7, 11) is 0. The molecule has 2 aromatic rings. The number of carbonyl (C=O) groups excluding carboxylic acids is 1. The molecule has 1 unspecified atom stereocenters. The summed E-state index contributed by atoms with van der Waals surface area (Å²) in [6.07, 6.45) is -0.147. The summed E-state index contributed by atoms with van der Waals surface area (Å²) >= 11 is 0. The maximum atomic E-state index is 12.0. The van der Waals surface area contributed by atoms with Crippen LogP contribution in [0.1, 0.15) is 25.8 Å². The Bertz CT molecular complexity index is 642. The zero-order chi connectivity index (χ0) is 17.4. The average Bonchev–Trinajstić information content (AvgIpc) is 2.59. The van der Waals surface area contributed by atoms with Crippen LogP contribution in [0.5, 0.6) is 5.75 Å². The summed E-state index contributed by atoms with van der Waals surface area (Å²) < 4.78 is 10.8. The number of aryl methyl sites for hydroxylation is 1. The van der Waals surface area contributed by atoms with Crippen molar-refractivity contribution in [1.82, 2.24) is 0 Å². The fourth-order valence-corrected chi connectivity index (χ4v) is 2.49. The molecule has 0 saturated carbocycles. The zero-order valence-corrected chi connectivity index (χ0v) is 14.6. The molecule has 0 aromatic heterocycles. The summed E-state index contributed by atoms with van der Waals surface area (Å²) in [5, 5.41) is 0. The molecule has 0 heterocycles. The van der Waals surface area contributed by atoms with Crippen molar-refractivity contribution in [2.45, 2.75) is 33.3 Å². The van der Waals surface area contributed by atoms with Crippen LogP contribution in [-0.4, -0.2) is 25.3 Å². The molecule has 0 fully saturated rings. The second-order valence-corrected chi connectivity index (χ2v) is 5.69. The Balaban J connectivity index is 1.94. The van der Waals surface area contributed by atoms with Crippen molar-refractivity contribution in [3.05, 3.63) is 60.2 Å². The zero-order valence-electron chi connectivity index (χ0n) is 14.6. The fourth-order valence-electron chi connectivity index (χ4n) is 2.49. The number of hydrogen-bond donors (Lipinski definition) is 0. The van der Waals surface area contributed by atoms with Crippen molar-refractivity contribution in [2.24, 2.45) is 0 Å². The smallest absolute Gasteiger partial charge is 0.429 e. The molecular weight excluding hydrogens is 302 g/mol. The van der Waals surface area contributed by atoms with Gasteiger partial charge < -0.3 is 14.4 Å². The van der Waals surface area contributed by atoms with Gasteiger partial charge in [-0.1, -0.05) is 37.3 Å². The van der Waals surface area contributed by atoms with E-state index in [1.54, 1.807) is 6.07 Å². The molecular formula is C20H25NO3. The van der Waals surface area contributed by atoms with E-state index in [-0.39, 0.29) is 6.10 Å². The lowest BCUT2D eigenvalue weighted by atomic mass is 10.2. The highest BCUT2D eigenvalue weighted by atomic mass is 16.7. The van der Waals surface area contributed by atoms with Crippen LogP contribution in [-0.2, 0) is 4.74 Å². The summed E-state index contributed by atoms with van der Waals surface area (Å²) in [6.45, 7) is 7.52. The van der Waals surface area contributed by atoms with E-state index < -0.39 is 6.16 Å². The third-order valence-corrected chi connectivity index (χ3v) is 3.84. The van der Waals surface area contributed by atoms with Crippen molar-refractivity contribution in [1.29, 1.82) is 0 Å². The van der Waals surface area contributed by atoms with Crippen LogP contribution < -0.4 is 9.64 Å². The van der Waals surface area contributed by atoms with Gasteiger partial charge in [-0.3, -0.25) is 0 Å². The van der Waals surface area contributed by atoms with Gasteiger partial charge in [-0.05, 0) is 50.1 Å². The Morgan fingerprint density at radius 3 is 2.46 bits per heavy atom. The van der Waals surface area contributed by atoms with Crippen molar-refractivity contribution in [3.63, 3.8) is 0 Å². The predicted molar refractivity (Wildman–Crippen MR) is 96.7 cm³/mol. The van der Waals surface area contributed by atoms with Gasteiger partial charge in [-0.15, -0.1) is 0 Å². The van der Waals surface area contributed by atoms with E-state index in [9.17, 15) is 4.79 Å². The quantitative estimate of drug-likeness (QED) is 0.540. The van der Waals surface area contributed by atoms with Gasteiger partial charge >= 0.3 is 6.16 Å². The molecule has 0 amide bonds. The first kappa shape index (κ1) is 17.9. The van der Waals surface area contributed by atoms with Gasteiger partial charge in [0.2, 0.25) is 0 Å². The Morgan fingerprint density at radius 2 is 1.83 bits per heavy atom. The summed E-state index contributed by atoms with van der Waals surface area (Å²) in [4.78, 5) is 14.2. The topological polar surface area (TPSA) is 38.8 Å². The van der Waals surface area contributed by atoms with Crippen molar-refractivity contribution in [3.8, 4) is 5.75 Å². The Kier molecular flexibility index (Phi) is 6.67. The Hall–Kier alpha value is -2.49. The minimum Gasteiger partial charge on any atom is -0.429 e. The highest BCUT2D eigenvalue weighted by Crippen LogP contribution is 2.17. The Labute approximate surface area is 144 Å². The SMILES string of the molecule is CCC(CN(CC)c1ccccc1)OC(=O)Oc1cccc(C)c1. The molecule has 2 aromatic carbocycles. The molecule has 4 heteroatoms. The highest BCUT2D eigenvalue weighted by molar-refractivity contribution is 5.64. The average molecular weight is 327 g/mol. The van der Waals surface area contributed by atoms with Crippen LogP contribution in [0.25, 0.3) is 0 Å². The van der Waals surface area contributed by atoms with Crippen LogP contribution in [0.15, 0.2) is 54.6 Å². The predicted octanol–water partition coefficient (Wildman–Crippen LogP) is 4.82. The molecule has 24 heavy (non-hydrogen) atoms. The number of rotatable bonds is 7.